The van der Waals surface area contributed by atoms with Gasteiger partial charge in [-0.05, 0) is 47.1 Å². The Labute approximate surface area is 277 Å². The van der Waals surface area contributed by atoms with Gasteiger partial charge in [0.2, 0.25) is 17.6 Å². The fourth-order valence-electron chi connectivity index (χ4n) is 6.18. The molecule has 4 N–H and O–H groups in total. The van der Waals surface area contributed by atoms with Crippen LogP contribution in [0.2, 0.25) is 0 Å². The number of urea groups is 1. The monoisotopic (exact) mass is 685 g/mol. The first-order chi connectivity index (χ1) is 22.1. The van der Waals surface area contributed by atoms with Crippen LogP contribution in [0.15, 0.2) is 22.8 Å². The predicted molar refractivity (Wildman–Crippen MR) is 165 cm³/mol. The number of nitrogens with one attached hydrogen (secondary N) is 4. The Morgan fingerprint density at radius 3 is 2.23 bits per heavy atom. The first-order valence-corrected chi connectivity index (χ1v) is 15.8. The Kier molecular flexibility index (Phi) is 11.6. The minimum Gasteiger partial charge on any atom is -0.466 e. The SMILES string of the molecule is CNC(=O)C(=O)C(CCC(F)(F)F)NC(=O)C1[C@@H]2[C@H](CN1C(=O)[C@@H](NC(=O)N[C@H](C(=O)OCc1ccco1)C(C)C)C(C)(C)C)C2(C)C. The molecule has 0 radical (unpaired) electrons. The normalized spacial score (nSPS) is 21.8. The van der Waals surface area contributed by atoms with Crippen LogP contribution in [0.4, 0.5) is 18.0 Å². The van der Waals surface area contributed by atoms with Crippen molar-refractivity contribution >= 4 is 35.5 Å². The van der Waals surface area contributed by atoms with Gasteiger partial charge in [0, 0.05) is 20.0 Å². The summed E-state index contributed by atoms with van der Waals surface area (Å²) in [4.78, 5) is 80.0. The van der Waals surface area contributed by atoms with E-state index in [4.69, 9.17) is 9.15 Å². The van der Waals surface area contributed by atoms with E-state index in [9.17, 15) is 41.9 Å². The number of hydrogen-bond donors (Lipinski definition) is 4. The molecule has 2 aliphatic rings. The molecule has 1 saturated heterocycles. The Morgan fingerprint density at radius 1 is 1.06 bits per heavy atom. The molecule has 2 heterocycles. The molecule has 1 saturated carbocycles. The molecule has 48 heavy (non-hydrogen) atoms. The first-order valence-electron chi connectivity index (χ1n) is 15.8. The van der Waals surface area contributed by atoms with Crippen molar-refractivity contribution in [1.29, 1.82) is 0 Å². The van der Waals surface area contributed by atoms with Gasteiger partial charge in [0.05, 0.1) is 12.3 Å². The van der Waals surface area contributed by atoms with Gasteiger partial charge >= 0.3 is 18.2 Å². The number of esters is 1. The standard InChI is InChI=1S/C32H46F3N5O8/c1-16(2)21(28(45)48-15-17-10-9-13-47-17)38-29(46)39-24(30(3,4)5)27(44)40-14-18-20(31(18,6)7)22(40)25(42)37-19(11-12-32(33,34)35)23(41)26(43)36-8/h9-10,13,16,18-22,24H,11-12,14-15H2,1-8H3,(H,36,43)(H,37,42)(H2,38,39,46)/t18-,19?,20-,21-,22?,24+/m0/s1. The second-order valence-electron chi connectivity index (χ2n) is 14.4. The van der Waals surface area contributed by atoms with E-state index in [-0.39, 0.29) is 25.0 Å². The molecule has 268 valence electrons. The number of carbonyl (C=O) groups is 6. The van der Waals surface area contributed by atoms with Crippen LogP contribution in [-0.2, 0) is 35.3 Å². The van der Waals surface area contributed by atoms with Crippen molar-refractivity contribution in [3.63, 3.8) is 0 Å². The van der Waals surface area contributed by atoms with Crippen LogP contribution in [0.1, 0.15) is 67.1 Å². The summed E-state index contributed by atoms with van der Waals surface area (Å²) in [5.74, 6) is -5.15. The Morgan fingerprint density at radius 2 is 1.71 bits per heavy atom. The highest BCUT2D eigenvalue weighted by Gasteiger charge is 2.70. The molecule has 6 atom stereocenters. The van der Waals surface area contributed by atoms with E-state index in [2.05, 4.69) is 21.3 Å². The van der Waals surface area contributed by atoms with Crippen LogP contribution in [0.3, 0.4) is 0 Å². The summed E-state index contributed by atoms with van der Waals surface area (Å²) >= 11 is 0. The number of hydrogen-bond acceptors (Lipinski definition) is 8. The average molecular weight is 686 g/mol. The van der Waals surface area contributed by atoms with Crippen LogP contribution < -0.4 is 21.3 Å². The Bertz CT molecular complexity index is 1370. The smallest absolute Gasteiger partial charge is 0.389 e. The lowest BCUT2D eigenvalue weighted by Crippen LogP contribution is -2.62. The van der Waals surface area contributed by atoms with E-state index >= 15 is 0 Å². The number of piperidine rings is 1. The average Bonchev–Trinajstić information content (AvgIpc) is 3.41. The van der Waals surface area contributed by atoms with Gasteiger partial charge in [-0.25, -0.2) is 9.59 Å². The maximum Gasteiger partial charge on any atom is 0.389 e. The van der Waals surface area contributed by atoms with Crippen LogP contribution in [0.5, 0.6) is 0 Å². The van der Waals surface area contributed by atoms with Crippen LogP contribution in [-0.4, -0.2) is 84.3 Å². The molecular formula is C32H46F3N5O8. The van der Waals surface area contributed by atoms with E-state index in [0.717, 1.165) is 7.05 Å². The molecule has 0 aromatic carbocycles. The molecule has 2 unspecified atom stereocenters. The largest absolute Gasteiger partial charge is 0.466 e. The van der Waals surface area contributed by atoms with Gasteiger partial charge in [0.1, 0.15) is 30.5 Å². The molecule has 1 aliphatic heterocycles. The predicted octanol–water partition coefficient (Wildman–Crippen LogP) is 2.69. The number of ether oxygens (including phenoxy) is 1. The molecule has 3 rings (SSSR count). The summed E-state index contributed by atoms with van der Waals surface area (Å²) < 4.78 is 49.6. The third-order valence-corrected chi connectivity index (χ3v) is 9.09. The van der Waals surface area contributed by atoms with Gasteiger partial charge in [-0.15, -0.1) is 0 Å². The zero-order chi connectivity index (χ0) is 36.4. The van der Waals surface area contributed by atoms with Crippen molar-refractivity contribution in [2.45, 2.75) is 98.3 Å². The van der Waals surface area contributed by atoms with E-state index in [1.807, 2.05) is 13.8 Å². The van der Waals surface area contributed by atoms with Crippen LogP contribution in [0, 0.1) is 28.6 Å². The van der Waals surface area contributed by atoms with Crippen LogP contribution >= 0.6 is 0 Å². The van der Waals surface area contributed by atoms with E-state index in [1.165, 1.54) is 11.2 Å². The zero-order valence-corrected chi connectivity index (χ0v) is 28.4. The minimum absolute atomic E-state index is 0.120. The summed E-state index contributed by atoms with van der Waals surface area (Å²) in [6.45, 7) is 12.2. The number of carbonyl (C=O) groups excluding carboxylic acids is 6. The summed E-state index contributed by atoms with van der Waals surface area (Å²) in [5, 5.41) is 9.59. The molecule has 1 aromatic heterocycles. The third kappa shape index (κ3) is 9.07. The lowest BCUT2D eigenvalue weighted by atomic mass is 9.85. The molecule has 1 aromatic rings. The van der Waals surface area contributed by atoms with Crippen molar-refractivity contribution in [2.75, 3.05) is 13.6 Å². The molecular weight excluding hydrogens is 639 g/mol. The zero-order valence-electron chi connectivity index (χ0n) is 28.4. The number of likely N-dealkylation sites (N-methyl/N-ethyl adjacent to an activating group) is 1. The molecule has 1 aliphatic carbocycles. The number of rotatable bonds is 13. The fourth-order valence-corrected chi connectivity index (χ4v) is 6.18. The maximum absolute atomic E-state index is 14.2. The quantitative estimate of drug-likeness (QED) is 0.181. The summed E-state index contributed by atoms with van der Waals surface area (Å²) in [7, 11) is 1.14. The number of ketones is 1. The Hall–Kier alpha value is -4.11. The van der Waals surface area contributed by atoms with Crippen molar-refractivity contribution < 1.29 is 51.1 Å². The second-order valence-corrected chi connectivity index (χ2v) is 14.4. The van der Waals surface area contributed by atoms with E-state index < -0.39 is 95.4 Å². The lowest BCUT2D eigenvalue weighted by Gasteiger charge is -2.38. The highest BCUT2D eigenvalue weighted by molar-refractivity contribution is 6.38. The van der Waals surface area contributed by atoms with E-state index in [0.29, 0.717) is 5.76 Å². The highest BCUT2D eigenvalue weighted by Crippen LogP contribution is 2.65. The Balaban J connectivity index is 1.80. The van der Waals surface area contributed by atoms with Gasteiger partial charge < -0.3 is 35.3 Å². The number of furan rings is 1. The summed E-state index contributed by atoms with van der Waals surface area (Å²) in [6, 6.07) is -2.84. The number of alkyl halides is 3. The summed E-state index contributed by atoms with van der Waals surface area (Å²) in [5.41, 5.74) is -1.30. The van der Waals surface area contributed by atoms with Crippen molar-refractivity contribution in [2.24, 2.45) is 28.6 Å². The maximum atomic E-state index is 14.2. The molecule has 5 amide bonds. The van der Waals surface area contributed by atoms with Gasteiger partial charge in [-0.3, -0.25) is 19.2 Å². The van der Waals surface area contributed by atoms with Gasteiger partial charge in [0.25, 0.3) is 5.91 Å². The molecule has 0 spiro atoms. The number of amides is 5. The van der Waals surface area contributed by atoms with Gasteiger partial charge in [-0.2, -0.15) is 13.2 Å². The van der Waals surface area contributed by atoms with Crippen molar-refractivity contribution in [1.82, 2.24) is 26.2 Å². The minimum atomic E-state index is -4.65. The highest BCUT2D eigenvalue weighted by atomic mass is 19.4. The van der Waals surface area contributed by atoms with Crippen molar-refractivity contribution in [3.8, 4) is 0 Å². The fraction of sp³-hybridized carbons (Fsp3) is 0.688. The van der Waals surface area contributed by atoms with Gasteiger partial charge in [-0.1, -0.05) is 48.5 Å². The van der Waals surface area contributed by atoms with E-state index in [1.54, 1.807) is 46.8 Å². The molecule has 2 fully saturated rings. The molecule has 0 bridgehead atoms. The van der Waals surface area contributed by atoms with Crippen LogP contribution in [0.25, 0.3) is 0 Å². The number of likely N-dealkylation sites (tertiary alicyclic amines) is 1. The third-order valence-electron chi connectivity index (χ3n) is 9.09. The lowest BCUT2D eigenvalue weighted by molar-refractivity contribution is -0.149. The molecule has 16 heteroatoms. The van der Waals surface area contributed by atoms with Gasteiger partial charge in [0.15, 0.2) is 0 Å². The number of fused-ring (bicyclic) bond motifs is 1. The second kappa shape index (κ2) is 14.6. The number of halogens is 3. The topological polar surface area (TPSA) is 176 Å². The molecule has 13 nitrogen and oxygen atoms in total. The number of Topliss-reactive ketones (excluding diaryl/α,β-unsaturated/α-hetero) is 1. The van der Waals surface area contributed by atoms with Crippen molar-refractivity contribution in [3.05, 3.63) is 24.2 Å². The summed E-state index contributed by atoms with van der Waals surface area (Å²) in [6.07, 6.45) is -5.52. The number of nitrogens with zero attached hydrogens (tertiary/aromatic N) is 1. The first kappa shape index (κ1) is 38.3.